The molecule has 1 aromatic carbocycles. The molecule has 0 spiro atoms. The molecule has 0 saturated heterocycles. The third-order valence-electron chi connectivity index (χ3n) is 3.60. The second kappa shape index (κ2) is 7.53. The fraction of sp³-hybridized carbons (Fsp3) is 0.647. The van der Waals surface area contributed by atoms with Gasteiger partial charge in [0.05, 0.1) is 12.3 Å². The minimum absolute atomic E-state index is 0.243. The van der Waals surface area contributed by atoms with E-state index in [0.29, 0.717) is 6.61 Å². The summed E-state index contributed by atoms with van der Waals surface area (Å²) in [5, 5.41) is 0. The lowest BCUT2D eigenvalue weighted by atomic mass is 10.0. The van der Waals surface area contributed by atoms with Crippen LogP contribution in [0.5, 0.6) is 5.75 Å². The van der Waals surface area contributed by atoms with Crippen molar-refractivity contribution in [2.75, 3.05) is 25.4 Å². The number of nitrogens with two attached hydrogens (primary N) is 1. The molecule has 0 aromatic heterocycles. The summed E-state index contributed by atoms with van der Waals surface area (Å²) in [5.41, 5.74) is 8.27. The summed E-state index contributed by atoms with van der Waals surface area (Å²) in [6.07, 6.45) is 2.21. The molecule has 1 rings (SSSR count). The van der Waals surface area contributed by atoms with Crippen LogP contribution >= 0.6 is 0 Å². The second-order valence-corrected chi connectivity index (χ2v) is 6.16. The number of anilines is 1. The van der Waals surface area contributed by atoms with Crippen LogP contribution in [-0.4, -0.2) is 30.1 Å². The molecule has 0 bridgehead atoms. The number of rotatable bonds is 7. The average molecular weight is 278 g/mol. The molecule has 1 aromatic rings. The summed E-state index contributed by atoms with van der Waals surface area (Å²) < 4.78 is 5.46. The largest absolute Gasteiger partial charge is 0.492 e. The van der Waals surface area contributed by atoms with Crippen molar-refractivity contribution in [3.63, 3.8) is 0 Å². The summed E-state index contributed by atoms with van der Waals surface area (Å²) in [4.78, 5) is 2.50. The number of hydrogen-bond donors (Lipinski definition) is 1. The molecular formula is C17H30N2O. The van der Waals surface area contributed by atoms with Crippen LogP contribution in [0.25, 0.3) is 0 Å². The van der Waals surface area contributed by atoms with Gasteiger partial charge in [-0.3, -0.25) is 4.90 Å². The summed E-state index contributed by atoms with van der Waals surface area (Å²) in [6, 6.07) is 6.14. The number of benzene rings is 1. The minimum atomic E-state index is 0.243. The Bertz CT molecular complexity index is 410. The van der Waals surface area contributed by atoms with Crippen LogP contribution in [0.4, 0.5) is 5.69 Å². The van der Waals surface area contributed by atoms with Crippen molar-refractivity contribution in [3.05, 3.63) is 23.8 Å². The van der Waals surface area contributed by atoms with Gasteiger partial charge in [-0.1, -0.05) is 13.0 Å². The molecule has 3 nitrogen and oxygen atoms in total. The highest BCUT2D eigenvalue weighted by atomic mass is 16.5. The van der Waals surface area contributed by atoms with E-state index in [1.165, 1.54) is 5.56 Å². The van der Waals surface area contributed by atoms with Gasteiger partial charge in [-0.25, -0.2) is 0 Å². The van der Waals surface area contributed by atoms with Crippen LogP contribution in [0, 0.1) is 0 Å². The highest BCUT2D eigenvalue weighted by Gasteiger charge is 2.18. The first-order chi connectivity index (χ1) is 9.38. The molecule has 0 saturated carbocycles. The molecule has 0 aliphatic carbocycles. The maximum Gasteiger partial charge on any atom is 0.142 e. The summed E-state index contributed by atoms with van der Waals surface area (Å²) in [5.74, 6) is 0.793. The summed E-state index contributed by atoms with van der Waals surface area (Å²) >= 11 is 0. The van der Waals surface area contributed by atoms with Crippen molar-refractivity contribution in [3.8, 4) is 5.75 Å². The Hall–Kier alpha value is -1.22. The van der Waals surface area contributed by atoms with E-state index in [4.69, 9.17) is 10.5 Å². The van der Waals surface area contributed by atoms with Gasteiger partial charge in [-0.2, -0.15) is 0 Å². The summed E-state index contributed by atoms with van der Waals surface area (Å²) in [7, 11) is 0. The van der Waals surface area contributed by atoms with Crippen molar-refractivity contribution in [1.82, 2.24) is 4.90 Å². The quantitative estimate of drug-likeness (QED) is 0.773. The molecule has 20 heavy (non-hydrogen) atoms. The van der Waals surface area contributed by atoms with Crippen LogP contribution in [0.2, 0.25) is 0 Å². The van der Waals surface area contributed by atoms with Gasteiger partial charge in [0.25, 0.3) is 0 Å². The maximum atomic E-state index is 6.00. The molecule has 0 amide bonds. The molecular weight excluding hydrogens is 248 g/mol. The van der Waals surface area contributed by atoms with E-state index in [1.807, 2.05) is 19.1 Å². The van der Waals surface area contributed by atoms with E-state index in [9.17, 15) is 0 Å². The monoisotopic (exact) mass is 278 g/mol. The van der Waals surface area contributed by atoms with E-state index >= 15 is 0 Å². The fourth-order valence-electron chi connectivity index (χ4n) is 2.48. The lowest BCUT2D eigenvalue weighted by molar-refractivity contribution is 0.143. The van der Waals surface area contributed by atoms with E-state index in [-0.39, 0.29) is 5.54 Å². The van der Waals surface area contributed by atoms with Gasteiger partial charge in [0.15, 0.2) is 0 Å². The molecule has 0 aliphatic rings. The van der Waals surface area contributed by atoms with Crippen LogP contribution < -0.4 is 10.5 Å². The number of aryl methyl sites for hydroxylation is 1. The van der Waals surface area contributed by atoms with E-state index in [1.54, 1.807) is 0 Å². The molecule has 0 unspecified atom stereocenters. The van der Waals surface area contributed by atoms with Crippen molar-refractivity contribution >= 4 is 5.69 Å². The van der Waals surface area contributed by atoms with Gasteiger partial charge >= 0.3 is 0 Å². The zero-order chi connectivity index (χ0) is 15.2. The number of nitrogen functional groups attached to an aromatic ring is 1. The Morgan fingerprint density at radius 2 is 1.90 bits per heavy atom. The van der Waals surface area contributed by atoms with Crippen LogP contribution in [0.15, 0.2) is 18.2 Å². The van der Waals surface area contributed by atoms with Crippen LogP contribution in [-0.2, 0) is 6.42 Å². The van der Waals surface area contributed by atoms with Gasteiger partial charge in [-0.15, -0.1) is 0 Å². The van der Waals surface area contributed by atoms with Gasteiger partial charge < -0.3 is 10.5 Å². The Labute approximate surface area is 124 Å². The molecule has 0 aliphatic heterocycles. The SMILES string of the molecule is CCOc1ccc(CCCN(CC)C(C)(C)C)cc1N. The maximum absolute atomic E-state index is 6.00. The predicted molar refractivity (Wildman–Crippen MR) is 87.3 cm³/mol. The second-order valence-electron chi connectivity index (χ2n) is 6.16. The first-order valence-electron chi connectivity index (χ1n) is 7.64. The molecule has 0 fully saturated rings. The fourth-order valence-corrected chi connectivity index (χ4v) is 2.48. The normalized spacial score (nSPS) is 11.9. The van der Waals surface area contributed by atoms with Crippen molar-refractivity contribution < 1.29 is 4.74 Å². The Morgan fingerprint density at radius 1 is 1.20 bits per heavy atom. The zero-order valence-electron chi connectivity index (χ0n) is 13.7. The topological polar surface area (TPSA) is 38.5 Å². The smallest absolute Gasteiger partial charge is 0.142 e. The summed E-state index contributed by atoms with van der Waals surface area (Å²) in [6.45, 7) is 13.9. The molecule has 0 heterocycles. The number of hydrogen-bond acceptors (Lipinski definition) is 3. The van der Waals surface area contributed by atoms with Crippen LogP contribution in [0.1, 0.15) is 46.6 Å². The Morgan fingerprint density at radius 3 is 2.40 bits per heavy atom. The highest BCUT2D eigenvalue weighted by Crippen LogP contribution is 2.23. The molecule has 0 atom stereocenters. The highest BCUT2D eigenvalue weighted by molar-refractivity contribution is 5.54. The van der Waals surface area contributed by atoms with E-state index in [0.717, 1.165) is 37.4 Å². The van der Waals surface area contributed by atoms with Gasteiger partial charge in [-0.05, 0) is 71.3 Å². The van der Waals surface area contributed by atoms with Gasteiger partial charge in [0.2, 0.25) is 0 Å². The Kier molecular flexibility index (Phi) is 6.34. The minimum Gasteiger partial charge on any atom is -0.492 e. The zero-order valence-corrected chi connectivity index (χ0v) is 13.7. The first kappa shape index (κ1) is 16.8. The Balaban J connectivity index is 2.52. The lowest BCUT2D eigenvalue weighted by Crippen LogP contribution is -2.41. The number of nitrogens with zero attached hydrogens (tertiary/aromatic N) is 1. The predicted octanol–water partition coefficient (Wildman–Crippen LogP) is 3.72. The third kappa shape index (κ3) is 5.04. The first-order valence-corrected chi connectivity index (χ1v) is 7.64. The van der Waals surface area contributed by atoms with Crippen molar-refractivity contribution in [2.45, 2.75) is 53.0 Å². The molecule has 2 N–H and O–H groups in total. The van der Waals surface area contributed by atoms with E-state index < -0.39 is 0 Å². The molecule has 114 valence electrons. The lowest BCUT2D eigenvalue weighted by Gasteiger charge is -2.34. The standard InChI is InChI=1S/C17H30N2O/c1-6-19(17(3,4)5)12-8-9-14-10-11-16(20-7-2)15(18)13-14/h10-11,13H,6-9,12,18H2,1-5H3. The van der Waals surface area contributed by atoms with Gasteiger partial charge in [0.1, 0.15) is 5.75 Å². The third-order valence-corrected chi connectivity index (χ3v) is 3.60. The molecule has 3 heteroatoms. The van der Waals surface area contributed by atoms with Crippen LogP contribution in [0.3, 0.4) is 0 Å². The molecule has 0 radical (unpaired) electrons. The van der Waals surface area contributed by atoms with Crippen molar-refractivity contribution in [2.24, 2.45) is 0 Å². The van der Waals surface area contributed by atoms with E-state index in [2.05, 4.69) is 38.7 Å². The average Bonchev–Trinajstić information content (AvgIpc) is 2.36. The number of ether oxygens (including phenoxy) is 1. The van der Waals surface area contributed by atoms with Gasteiger partial charge in [0, 0.05) is 5.54 Å². The van der Waals surface area contributed by atoms with Crippen molar-refractivity contribution in [1.29, 1.82) is 0 Å².